The standard InChI is InChI=1S/C20H24O2/c1-2-3-4-11-16-19(17-12-7-5-8-13-17)20(21)22-18-14-9-6-10-15-18/h5-10,12-15,19H,2-4,11,16H2,1H3. The van der Waals surface area contributed by atoms with Crippen LogP contribution in [0.4, 0.5) is 0 Å². The lowest BCUT2D eigenvalue weighted by Crippen LogP contribution is -2.19. The number of carbonyl (C=O) groups is 1. The number of rotatable bonds is 8. The first-order valence-corrected chi connectivity index (χ1v) is 8.13. The molecule has 0 N–H and O–H groups in total. The lowest BCUT2D eigenvalue weighted by atomic mass is 9.93. The van der Waals surface area contributed by atoms with Gasteiger partial charge in [-0.15, -0.1) is 0 Å². The Kier molecular flexibility index (Phi) is 6.69. The molecule has 0 aliphatic rings. The van der Waals surface area contributed by atoms with Gasteiger partial charge in [-0.2, -0.15) is 0 Å². The van der Waals surface area contributed by atoms with E-state index in [1.807, 2.05) is 60.7 Å². The molecule has 116 valence electrons. The van der Waals surface area contributed by atoms with Crippen LogP contribution in [0.3, 0.4) is 0 Å². The molecule has 2 heteroatoms. The first-order valence-electron chi connectivity index (χ1n) is 8.13. The molecular formula is C20H24O2. The number of esters is 1. The van der Waals surface area contributed by atoms with E-state index in [-0.39, 0.29) is 11.9 Å². The quantitative estimate of drug-likeness (QED) is 0.373. The summed E-state index contributed by atoms with van der Waals surface area (Å²) in [5.41, 5.74) is 1.04. The Bertz CT molecular complexity index is 548. The van der Waals surface area contributed by atoms with Crippen molar-refractivity contribution in [2.75, 3.05) is 0 Å². The second-order valence-corrected chi connectivity index (χ2v) is 5.55. The first-order chi connectivity index (χ1) is 10.8. The van der Waals surface area contributed by atoms with E-state index in [1.165, 1.54) is 19.3 Å². The van der Waals surface area contributed by atoms with Gasteiger partial charge in [-0.1, -0.05) is 81.1 Å². The number of hydrogen-bond acceptors (Lipinski definition) is 2. The third-order valence-electron chi connectivity index (χ3n) is 3.79. The molecule has 2 aromatic carbocycles. The normalized spacial score (nSPS) is 11.9. The van der Waals surface area contributed by atoms with Crippen LogP contribution in [0.15, 0.2) is 60.7 Å². The van der Waals surface area contributed by atoms with E-state index in [9.17, 15) is 4.79 Å². The predicted octanol–water partition coefficient (Wildman–Crippen LogP) is 5.35. The molecule has 0 amide bonds. The van der Waals surface area contributed by atoms with Gasteiger partial charge in [-0.25, -0.2) is 0 Å². The van der Waals surface area contributed by atoms with Crippen LogP contribution >= 0.6 is 0 Å². The van der Waals surface area contributed by atoms with Crippen molar-refractivity contribution < 1.29 is 9.53 Å². The van der Waals surface area contributed by atoms with Crippen molar-refractivity contribution in [2.45, 2.75) is 44.9 Å². The van der Waals surface area contributed by atoms with E-state index in [0.29, 0.717) is 5.75 Å². The SMILES string of the molecule is CCCCCCC(C(=O)Oc1ccccc1)c1ccccc1. The third-order valence-corrected chi connectivity index (χ3v) is 3.79. The molecule has 0 aromatic heterocycles. The largest absolute Gasteiger partial charge is 0.426 e. The van der Waals surface area contributed by atoms with Crippen LogP contribution in [0, 0.1) is 0 Å². The maximum atomic E-state index is 12.6. The second kappa shape index (κ2) is 9.04. The molecule has 0 aliphatic carbocycles. The van der Waals surface area contributed by atoms with E-state index < -0.39 is 0 Å². The van der Waals surface area contributed by atoms with E-state index in [0.717, 1.165) is 18.4 Å². The fraction of sp³-hybridized carbons (Fsp3) is 0.350. The maximum Gasteiger partial charge on any atom is 0.318 e. The number of unbranched alkanes of at least 4 members (excludes halogenated alkanes) is 3. The van der Waals surface area contributed by atoms with Crippen molar-refractivity contribution in [3.05, 3.63) is 66.2 Å². The summed E-state index contributed by atoms with van der Waals surface area (Å²) in [6.45, 7) is 2.19. The number of para-hydroxylation sites is 1. The Morgan fingerprint density at radius 3 is 2.18 bits per heavy atom. The van der Waals surface area contributed by atoms with E-state index in [1.54, 1.807) is 0 Å². The minimum atomic E-state index is -0.182. The van der Waals surface area contributed by atoms with E-state index in [2.05, 4.69) is 6.92 Å². The van der Waals surface area contributed by atoms with Gasteiger partial charge in [-0.3, -0.25) is 4.79 Å². The average Bonchev–Trinajstić information content (AvgIpc) is 2.56. The Morgan fingerprint density at radius 2 is 1.55 bits per heavy atom. The minimum absolute atomic E-state index is 0.158. The molecule has 2 aromatic rings. The molecule has 0 heterocycles. The van der Waals surface area contributed by atoms with Gasteiger partial charge in [0, 0.05) is 0 Å². The zero-order valence-corrected chi connectivity index (χ0v) is 13.2. The molecule has 2 nitrogen and oxygen atoms in total. The number of ether oxygens (including phenoxy) is 1. The highest BCUT2D eigenvalue weighted by molar-refractivity contribution is 5.80. The molecule has 0 saturated heterocycles. The molecule has 0 aliphatic heterocycles. The maximum absolute atomic E-state index is 12.6. The van der Waals surface area contributed by atoms with Crippen molar-refractivity contribution in [3.63, 3.8) is 0 Å². The van der Waals surface area contributed by atoms with Crippen molar-refractivity contribution >= 4 is 5.97 Å². The van der Waals surface area contributed by atoms with Crippen LogP contribution in [0.2, 0.25) is 0 Å². The van der Waals surface area contributed by atoms with Gasteiger partial charge in [0.1, 0.15) is 5.75 Å². The lowest BCUT2D eigenvalue weighted by molar-refractivity contribution is -0.136. The molecule has 0 radical (unpaired) electrons. The van der Waals surface area contributed by atoms with Gasteiger partial charge in [0.25, 0.3) is 0 Å². The molecule has 0 saturated carbocycles. The van der Waals surface area contributed by atoms with E-state index >= 15 is 0 Å². The summed E-state index contributed by atoms with van der Waals surface area (Å²) < 4.78 is 5.55. The van der Waals surface area contributed by atoms with Crippen LogP contribution in [-0.2, 0) is 4.79 Å². The molecule has 0 bridgehead atoms. The summed E-state index contributed by atoms with van der Waals surface area (Å²) in [7, 11) is 0. The summed E-state index contributed by atoms with van der Waals surface area (Å²) in [5, 5.41) is 0. The van der Waals surface area contributed by atoms with Crippen LogP contribution in [-0.4, -0.2) is 5.97 Å². The van der Waals surface area contributed by atoms with E-state index in [4.69, 9.17) is 4.74 Å². The Morgan fingerprint density at radius 1 is 0.909 bits per heavy atom. The first kappa shape index (κ1) is 16.3. The zero-order valence-electron chi connectivity index (χ0n) is 13.2. The topological polar surface area (TPSA) is 26.3 Å². The summed E-state index contributed by atoms with van der Waals surface area (Å²) in [5.74, 6) is 0.272. The third kappa shape index (κ3) is 5.03. The summed E-state index contributed by atoms with van der Waals surface area (Å²) in [6, 6.07) is 19.2. The van der Waals surface area contributed by atoms with Gasteiger partial charge >= 0.3 is 5.97 Å². The highest BCUT2D eigenvalue weighted by Crippen LogP contribution is 2.25. The fourth-order valence-corrected chi connectivity index (χ4v) is 2.56. The van der Waals surface area contributed by atoms with Gasteiger partial charge < -0.3 is 4.74 Å². The Labute approximate surface area is 133 Å². The number of hydrogen-bond donors (Lipinski definition) is 0. The number of carbonyl (C=O) groups excluding carboxylic acids is 1. The van der Waals surface area contributed by atoms with Crippen molar-refractivity contribution in [2.24, 2.45) is 0 Å². The van der Waals surface area contributed by atoms with Crippen LogP contribution in [0.5, 0.6) is 5.75 Å². The van der Waals surface area contributed by atoms with Crippen LogP contribution in [0.1, 0.15) is 50.5 Å². The van der Waals surface area contributed by atoms with Crippen molar-refractivity contribution in [1.82, 2.24) is 0 Å². The summed E-state index contributed by atoms with van der Waals surface area (Å²) in [4.78, 5) is 12.6. The molecule has 1 atom stereocenters. The lowest BCUT2D eigenvalue weighted by Gasteiger charge is -2.16. The molecule has 0 fully saturated rings. The van der Waals surface area contributed by atoms with Crippen LogP contribution < -0.4 is 4.74 Å². The fourth-order valence-electron chi connectivity index (χ4n) is 2.56. The average molecular weight is 296 g/mol. The minimum Gasteiger partial charge on any atom is -0.426 e. The highest BCUT2D eigenvalue weighted by Gasteiger charge is 2.22. The van der Waals surface area contributed by atoms with Crippen molar-refractivity contribution in [1.29, 1.82) is 0 Å². The van der Waals surface area contributed by atoms with Gasteiger partial charge in [0.05, 0.1) is 5.92 Å². The van der Waals surface area contributed by atoms with Crippen molar-refractivity contribution in [3.8, 4) is 5.75 Å². The molecular weight excluding hydrogens is 272 g/mol. The molecule has 0 spiro atoms. The second-order valence-electron chi connectivity index (χ2n) is 5.55. The number of benzene rings is 2. The summed E-state index contributed by atoms with van der Waals surface area (Å²) >= 11 is 0. The Hall–Kier alpha value is -2.09. The highest BCUT2D eigenvalue weighted by atomic mass is 16.5. The van der Waals surface area contributed by atoms with Gasteiger partial charge in [-0.05, 0) is 24.1 Å². The zero-order chi connectivity index (χ0) is 15.6. The summed E-state index contributed by atoms with van der Waals surface area (Å²) in [6.07, 6.45) is 5.48. The monoisotopic (exact) mass is 296 g/mol. The predicted molar refractivity (Wildman–Crippen MR) is 90.0 cm³/mol. The van der Waals surface area contributed by atoms with Gasteiger partial charge in [0.15, 0.2) is 0 Å². The molecule has 1 unspecified atom stereocenters. The molecule has 2 rings (SSSR count). The van der Waals surface area contributed by atoms with Gasteiger partial charge in [0.2, 0.25) is 0 Å². The molecule has 22 heavy (non-hydrogen) atoms. The smallest absolute Gasteiger partial charge is 0.318 e. The Balaban J connectivity index is 2.04. The van der Waals surface area contributed by atoms with Crippen LogP contribution in [0.25, 0.3) is 0 Å².